The fourth-order valence-electron chi connectivity index (χ4n) is 2.62. The molecule has 1 N–H and O–H groups in total. The van der Waals surface area contributed by atoms with Gasteiger partial charge in [-0.3, -0.25) is 4.79 Å². The molecule has 3 atom stereocenters. The van der Waals surface area contributed by atoms with E-state index in [1.54, 1.807) is 12.1 Å². The first kappa shape index (κ1) is 10.6. The summed E-state index contributed by atoms with van der Waals surface area (Å²) in [6.45, 7) is 3.35. The fraction of sp³-hybridized carbons (Fsp3) is 0.545. The van der Waals surface area contributed by atoms with Gasteiger partial charge in [-0.25, -0.2) is 0 Å². The van der Waals surface area contributed by atoms with E-state index in [4.69, 9.17) is 11.6 Å². The summed E-state index contributed by atoms with van der Waals surface area (Å²) in [5.41, 5.74) is 0. The van der Waals surface area contributed by atoms with Crippen molar-refractivity contribution in [2.45, 2.75) is 12.5 Å². The Morgan fingerprint density at radius 1 is 1.50 bits per heavy atom. The van der Waals surface area contributed by atoms with Gasteiger partial charge in [0.25, 0.3) is 5.91 Å². The highest BCUT2D eigenvalue weighted by Crippen LogP contribution is 2.28. The molecule has 86 valence electrons. The maximum absolute atomic E-state index is 11.9. The zero-order chi connectivity index (χ0) is 11.1. The Morgan fingerprint density at radius 2 is 2.38 bits per heavy atom. The van der Waals surface area contributed by atoms with E-state index in [2.05, 4.69) is 10.2 Å². The van der Waals surface area contributed by atoms with Crippen LogP contribution in [0, 0.1) is 5.92 Å². The van der Waals surface area contributed by atoms with E-state index in [0.717, 1.165) is 13.1 Å². The van der Waals surface area contributed by atoms with E-state index < -0.39 is 0 Å². The monoisotopic (exact) mass is 256 g/mol. The van der Waals surface area contributed by atoms with Crippen LogP contribution in [0.15, 0.2) is 12.1 Å². The normalized spacial score (nSPS) is 31.9. The van der Waals surface area contributed by atoms with Gasteiger partial charge < -0.3 is 10.2 Å². The first-order valence-electron chi connectivity index (χ1n) is 5.51. The van der Waals surface area contributed by atoms with Crippen molar-refractivity contribution in [3.63, 3.8) is 0 Å². The molecule has 5 heteroatoms. The van der Waals surface area contributed by atoms with Crippen molar-refractivity contribution in [2.24, 2.45) is 5.92 Å². The molecule has 3 heterocycles. The molecule has 0 saturated carbocycles. The van der Waals surface area contributed by atoms with Crippen LogP contribution in [0.25, 0.3) is 0 Å². The second-order valence-electron chi connectivity index (χ2n) is 4.49. The molecule has 1 aromatic heterocycles. The lowest BCUT2D eigenvalue weighted by Crippen LogP contribution is -2.42. The molecule has 2 aliphatic heterocycles. The summed E-state index contributed by atoms with van der Waals surface area (Å²) in [6.07, 6.45) is 1.22. The number of rotatable bonds is 2. The number of thiophene rings is 1. The number of nitrogens with zero attached hydrogens (tertiary/aromatic N) is 1. The van der Waals surface area contributed by atoms with Gasteiger partial charge in [0.15, 0.2) is 0 Å². The van der Waals surface area contributed by atoms with Gasteiger partial charge >= 0.3 is 0 Å². The molecule has 2 saturated heterocycles. The number of hydrogen-bond acceptors (Lipinski definition) is 3. The van der Waals surface area contributed by atoms with E-state index in [9.17, 15) is 4.79 Å². The van der Waals surface area contributed by atoms with Crippen LogP contribution in [0.5, 0.6) is 0 Å². The molecular formula is C11H13ClN2OS. The Kier molecular flexibility index (Phi) is 2.65. The minimum absolute atomic E-state index is 0.0237. The van der Waals surface area contributed by atoms with Crippen LogP contribution < -0.4 is 5.32 Å². The standard InChI is InChI=1S/C11H13ClN2OS/c12-10-2-1-9(16-10)11(15)13-8-6-14-4-3-7(8)5-14/h1-2,7-8H,3-6H2,(H,13,15)/t7-,8?/m0/s1. The number of nitrogens with one attached hydrogen (secondary N) is 1. The summed E-state index contributed by atoms with van der Waals surface area (Å²) in [7, 11) is 0. The summed E-state index contributed by atoms with van der Waals surface area (Å²) in [5.74, 6) is 0.676. The SMILES string of the molecule is O=C(NC1CN2CC[C@H]1C2)c1ccc(Cl)s1. The number of amides is 1. The highest BCUT2D eigenvalue weighted by atomic mass is 35.5. The van der Waals surface area contributed by atoms with Gasteiger partial charge in [0.1, 0.15) is 0 Å². The molecule has 0 spiro atoms. The molecule has 2 aliphatic rings. The molecule has 2 bridgehead atoms. The van der Waals surface area contributed by atoms with Gasteiger partial charge in [0.05, 0.1) is 9.21 Å². The van der Waals surface area contributed by atoms with Gasteiger partial charge in [0, 0.05) is 19.1 Å². The number of hydrogen-bond donors (Lipinski definition) is 1. The first-order valence-corrected chi connectivity index (χ1v) is 6.70. The van der Waals surface area contributed by atoms with Crippen LogP contribution in [0.3, 0.4) is 0 Å². The Bertz CT molecular complexity index is 420. The third-order valence-electron chi connectivity index (χ3n) is 3.45. The maximum atomic E-state index is 11.9. The molecule has 1 aromatic rings. The van der Waals surface area contributed by atoms with Gasteiger partial charge in [0.2, 0.25) is 0 Å². The lowest BCUT2D eigenvalue weighted by atomic mass is 10.00. The number of fused-ring (bicyclic) bond motifs is 2. The summed E-state index contributed by atoms with van der Waals surface area (Å²) < 4.78 is 0.668. The van der Waals surface area contributed by atoms with Crippen molar-refractivity contribution in [3.05, 3.63) is 21.3 Å². The Labute approximate surface area is 103 Å². The Hall–Kier alpha value is -0.580. The molecule has 0 aromatic carbocycles. The second kappa shape index (κ2) is 4.02. The molecule has 0 radical (unpaired) electrons. The average molecular weight is 257 g/mol. The minimum Gasteiger partial charge on any atom is -0.347 e. The summed E-state index contributed by atoms with van der Waals surface area (Å²) in [5, 5.41) is 3.11. The predicted molar refractivity (Wildman–Crippen MR) is 65.1 cm³/mol. The van der Waals surface area contributed by atoms with Crippen LogP contribution in [0.4, 0.5) is 0 Å². The minimum atomic E-state index is 0.0237. The number of carbonyl (C=O) groups is 1. The van der Waals surface area contributed by atoms with E-state index in [-0.39, 0.29) is 5.91 Å². The highest BCUT2D eigenvalue weighted by Gasteiger charge is 2.38. The number of halogens is 1. The molecule has 2 unspecified atom stereocenters. The molecular weight excluding hydrogens is 244 g/mol. The fourth-order valence-corrected chi connectivity index (χ4v) is 3.57. The topological polar surface area (TPSA) is 32.3 Å². The largest absolute Gasteiger partial charge is 0.347 e. The zero-order valence-corrected chi connectivity index (χ0v) is 10.4. The van der Waals surface area contributed by atoms with Gasteiger partial charge in [-0.15, -0.1) is 11.3 Å². The van der Waals surface area contributed by atoms with Crippen molar-refractivity contribution in [2.75, 3.05) is 19.6 Å². The predicted octanol–water partition coefficient (Wildman–Crippen LogP) is 1.84. The molecule has 3 rings (SSSR count). The summed E-state index contributed by atoms with van der Waals surface area (Å²) >= 11 is 7.15. The molecule has 0 aliphatic carbocycles. The Morgan fingerprint density at radius 3 is 2.94 bits per heavy atom. The smallest absolute Gasteiger partial charge is 0.261 e. The van der Waals surface area contributed by atoms with E-state index in [1.807, 2.05) is 0 Å². The van der Waals surface area contributed by atoms with Crippen molar-refractivity contribution < 1.29 is 4.79 Å². The Balaban J connectivity index is 1.65. The molecule has 16 heavy (non-hydrogen) atoms. The lowest BCUT2D eigenvalue weighted by Gasteiger charge is -2.22. The zero-order valence-electron chi connectivity index (χ0n) is 8.78. The van der Waals surface area contributed by atoms with E-state index in [1.165, 1.54) is 24.3 Å². The van der Waals surface area contributed by atoms with E-state index in [0.29, 0.717) is 21.2 Å². The van der Waals surface area contributed by atoms with Gasteiger partial charge in [-0.1, -0.05) is 11.6 Å². The van der Waals surface area contributed by atoms with Gasteiger partial charge in [-0.2, -0.15) is 0 Å². The van der Waals surface area contributed by atoms with Crippen LogP contribution >= 0.6 is 22.9 Å². The van der Waals surface area contributed by atoms with Crippen molar-refractivity contribution in [1.29, 1.82) is 0 Å². The van der Waals surface area contributed by atoms with Crippen molar-refractivity contribution >= 4 is 28.8 Å². The van der Waals surface area contributed by atoms with Crippen LogP contribution in [-0.4, -0.2) is 36.5 Å². The third kappa shape index (κ3) is 1.85. The summed E-state index contributed by atoms with van der Waals surface area (Å²) in [4.78, 5) is 15.0. The number of piperidine rings is 1. The van der Waals surface area contributed by atoms with Gasteiger partial charge in [-0.05, 0) is 31.0 Å². The van der Waals surface area contributed by atoms with E-state index >= 15 is 0 Å². The second-order valence-corrected chi connectivity index (χ2v) is 6.21. The number of carbonyl (C=O) groups excluding carboxylic acids is 1. The third-order valence-corrected chi connectivity index (χ3v) is 4.68. The van der Waals surface area contributed by atoms with Crippen molar-refractivity contribution in [1.82, 2.24) is 10.2 Å². The van der Waals surface area contributed by atoms with Crippen LogP contribution in [0.2, 0.25) is 4.34 Å². The maximum Gasteiger partial charge on any atom is 0.261 e. The van der Waals surface area contributed by atoms with Crippen molar-refractivity contribution in [3.8, 4) is 0 Å². The highest BCUT2D eigenvalue weighted by molar-refractivity contribution is 7.17. The lowest BCUT2D eigenvalue weighted by molar-refractivity contribution is 0.0928. The molecule has 2 fully saturated rings. The molecule has 3 nitrogen and oxygen atoms in total. The molecule has 1 amide bonds. The van der Waals surface area contributed by atoms with Crippen LogP contribution in [-0.2, 0) is 0 Å². The average Bonchev–Trinajstić information content (AvgIpc) is 2.92. The van der Waals surface area contributed by atoms with Crippen LogP contribution in [0.1, 0.15) is 16.1 Å². The first-order chi connectivity index (χ1) is 7.72. The quantitative estimate of drug-likeness (QED) is 0.876. The summed E-state index contributed by atoms with van der Waals surface area (Å²) in [6, 6.07) is 3.89.